The molecule has 0 amide bonds. The first kappa shape index (κ1) is 7.96. The number of ketones is 2. The number of hydrogen-bond acceptors (Lipinski definition) is 2. The number of Topliss-reactive ketones (excluding diaryl/α,β-unsaturated/α-hetero) is 2. The normalized spacial score (nSPS) is 46.8. The van der Waals surface area contributed by atoms with Crippen LogP contribution in [-0.2, 0) is 9.59 Å². The number of fused-ring (bicyclic) bond motifs is 2. The van der Waals surface area contributed by atoms with Crippen LogP contribution >= 0.6 is 0 Å². The minimum atomic E-state index is -0.302. The molecule has 2 aliphatic carbocycles. The topological polar surface area (TPSA) is 34.1 Å². The van der Waals surface area contributed by atoms with E-state index in [1.165, 1.54) is 0 Å². The molecular formula is C10H14O2. The van der Waals surface area contributed by atoms with Crippen LogP contribution in [-0.4, -0.2) is 11.6 Å². The molecule has 2 saturated carbocycles. The lowest BCUT2D eigenvalue weighted by molar-refractivity contribution is -0.140. The third-order valence-electron chi connectivity index (χ3n) is 3.54. The van der Waals surface area contributed by atoms with E-state index in [2.05, 4.69) is 0 Å². The molecule has 66 valence electrons. The van der Waals surface area contributed by atoms with E-state index >= 15 is 0 Å². The minimum Gasteiger partial charge on any atom is -0.290 e. The Morgan fingerprint density at radius 2 is 1.42 bits per heavy atom. The van der Waals surface area contributed by atoms with Crippen LogP contribution in [0.2, 0.25) is 0 Å². The largest absolute Gasteiger partial charge is 0.290 e. The van der Waals surface area contributed by atoms with Crippen molar-refractivity contribution in [2.75, 3.05) is 0 Å². The highest BCUT2D eigenvalue weighted by atomic mass is 16.2. The first-order valence-corrected chi connectivity index (χ1v) is 4.57. The van der Waals surface area contributed by atoms with E-state index in [9.17, 15) is 9.59 Å². The zero-order valence-corrected chi connectivity index (χ0v) is 7.64. The van der Waals surface area contributed by atoms with Gasteiger partial charge in [-0.3, -0.25) is 9.59 Å². The fraction of sp³-hybridized carbons (Fsp3) is 0.800. The van der Waals surface area contributed by atoms with E-state index in [4.69, 9.17) is 0 Å². The highest BCUT2D eigenvalue weighted by molar-refractivity contribution is 6.43. The van der Waals surface area contributed by atoms with Gasteiger partial charge in [-0.25, -0.2) is 0 Å². The van der Waals surface area contributed by atoms with Crippen molar-refractivity contribution in [3.05, 3.63) is 0 Å². The summed E-state index contributed by atoms with van der Waals surface area (Å²) < 4.78 is 0. The summed E-state index contributed by atoms with van der Waals surface area (Å²) in [6.07, 6.45) is 3.64. The predicted octanol–water partition coefficient (Wildman–Crippen LogP) is 1.72. The molecule has 2 rings (SSSR count). The van der Waals surface area contributed by atoms with E-state index in [0.29, 0.717) is 0 Å². The van der Waals surface area contributed by atoms with Gasteiger partial charge in [-0.1, -0.05) is 20.3 Å². The molecule has 0 aromatic rings. The lowest BCUT2D eigenvalue weighted by atomic mass is 9.71. The lowest BCUT2D eigenvalue weighted by Crippen LogP contribution is -2.25. The monoisotopic (exact) mass is 166 g/mol. The van der Waals surface area contributed by atoms with Crippen LogP contribution in [0.3, 0.4) is 0 Å². The number of carbonyl (C=O) groups is 2. The first-order chi connectivity index (χ1) is 5.48. The Hall–Kier alpha value is -0.660. The molecule has 0 spiro atoms. The summed E-state index contributed by atoms with van der Waals surface area (Å²) in [5.41, 5.74) is -0.603. The van der Waals surface area contributed by atoms with E-state index in [1.54, 1.807) is 0 Å². The van der Waals surface area contributed by atoms with Crippen molar-refractivity contribution in [2.24, 2.45) is 10.8 Å². The van der Waals surface area contributed by atoms with Crippen molar-refractivity contribution in [3.63, 3.8) is 0 Å². The van der Waals surface area contributed by atoms with E-state index < -0.39 is 0 Å². The molecule has 0 N–H and O–H groups in total. The average molecular weight is 166 g/mol. The molecule has 2 atom stereocenters. The molecule has 2 heteroatoms. The molecule has 0 aromatic carbocycles. The zero-order valence-electron chi connectivity index (χ0n) is 7.64. The second kappa shape index (κ2) is 1.98. The second-order valence-electron chi connectivity index (χ2n) is 4.81. The third kappa shape index (κ3) is 0.755. The Morgan fingerprint density at radius 1 is 1.00 bits per heavy atom. The molecule has 2 nitrogen and oxygen atoms in total. The molecule has 0 aliphatic heterocycles. The molecule has 2 aliphatic rings. The van der Waals surface area contributed by atoms with Gasteiger partial charge in [-0.05, 0) is 19.3 Å². The van der Waals surface area contributed by atoms with Gasteiger partial charge in [0.25, 0.3) is 0 Å². The van der Waals surface area contributed by atoms with Crippen molar-refractivity contribution in [3.8, 4) is 0 Å². The van der Waals surface area contributed by atoms with Crippen molar-refractivity contribution >= 4 is 11.6 Å². The summed E-state index contributed by atoms with van der Waals surface area (Å²) in [5.74, 6) is -0.218. The highest BCUT2D eigenvalue weighted by Crippen LogP contribution is 2.53. The van der Waals surface area contributed by atoms with Crippen LogP contribution in [0.4, 0.5) is 0 Å². The quantitative estimate of drug-likeness (QED) is 0.513. The maximum absolute atomic E-state index is 11.6. The number of carbonyl (C=O) groups excluding carboxylic acids is 2. The third-order valence-corrected chi connectivity index (χ3v) is 3.54. The molecule has 0 heterocycles. The van der Waals surface area contributed by atoms with Crippen molar-refractivity contribution in [1.29, 1.82) is 0 Å². The maximum Gasteiger partial charge on any atom is 0.204 e. The van der Waals surface area contributed by atoms with Gasteiger partial charge in [0.2, 0.25) is 11.6 Å². The smallest absolute Gasteiger partial charge is 0.204 e. The molecule has 2 bridgehead atoms. The highest BCUT2D eigenvalue weighted by Gasteiger charge is 2.58. The van der Waals surface area contributed by atoms with Gasteiger partial charge < -0.3 is 0 Å². The van der Waals surface area contributed by atoms with Gasteiger partial charge in [0.1, 0.15) is 0 Å². The summed E-state index contributed by atoms with van der Waals surface area (Å²) in [5, 5.41) is 0. The molecule has 12 heavy (non-hydrogen) atoms. The SMILES string of the molecule is CC12CCCC(C)(C1)C(=O)C2=O. The summed E-state index contributed by atoms with van der Waals surface area (Å²) >= 11 is 0. The fourth-order valence-corrected chi connectivity index (χ4v) is 2.84. The summed E-state index contributed by atoms with van der Waals surface area (Å²) in [4.78, 5) is 23.1. The van der Waals surface area contributed by atoms with Crippen LogP contribution in [0.25, 0.3) is 0 Å². The number of rotatable bonds is 0. The van der Waals surface area contributed by atoms with Crippen LogP contribution in [0.5, 0.6) is 0 Å². The molecule has 2 fully saturated rings. The molecule has 2 unspecified atom stereocenters. The zero-order chi connectivity index (χ0) is 8.98. The van der Waals surface area contributed by atoms with Gasteiger partial charge in [-0.2, -0.15) is 0 Å². The Morgan fingerprint density at radius 3 is 1.75 bits per heavy atom. The Kier molecular flexibility index (Phi) is 1.31. The molecule has 0 aromatic heterocycles. The molecule has 0 saturated heterocycles. The summed E-state index contributed by atoms with van der Waals surface area (Å²) in [7, 11) is 0. The van der Waals surface area contributed by atoms with Gasteiger partial charge in [0.15, 0.2) is 0 Å². The van der Waals surface area contributed by atoms with Crippen LogP contribution in [0.1, 0.15) is 39.5 Å². The van der Waals surface area contributed by atoms with Gasteiger partial charge in [-0.15, -0.1) is 0 Å². The fourth-order valence-electron chi connectivity index (χ4n) is 2.84. The van der Waals surface area contributed by atoms with Crippen LogP contribution in [0, 0.1) is 10.8 Å². The van der Waals surface area contributed by atoms with Gasteiger partial charge >= 0.3 is 0 Å². The molecule has 0 radical (unpaired) electrons. The van der Waals surface area contributed by atoms with Crippen LogP contribution in [0.15, 0.2) is 0 Å². The summed E-state index contributed by atoms with van der Waals surface area (Å²) in [6, 6.07) is 0. The predicted molar refractivity (Wildman–Crippen MR) is 44.7 cm³/mol. The summed E-state index contributed by atoms with van der Waals surface area (Å²) in [6.45, 7) is 3.88. The average Bonchev–Trinajstić information content (AvgIpc) is 2.10. The lowest BCUT2D eigenvalue weighted by Gasteiger charge is -2.31. The second-order valence-corrected chi connectivity index (χ2v) is 4.81. The van der Waals surface area contributed by atoms with E-state index in [-0.39, 0.29) is 22.4 Å². The van der Waals surface area contributed by atoms with Crippen molar-refractivity contribution in [1.82, 2.24) is 0 Å². The van der Waals surface area contributed by atoms with Crippen molar-refractivity contribution in [2.45, 2.75) is 39.5 Å². The van der Waals surface area contributed by atoms with Crippen molar-refractivity contribution < 1.29 is 9.59 Å². The Bertz CT molecular complexity index is 243. The molecular weight excluding hydrogens is 152 g/mol. The van der Waals surface area contributed by atoms with E-state index in [1.807, 2.05) is 13.8 Å². The number of hydrogen-bond donors (Lipinski definition) is 0. The standard InChI is InChI=1S/C10H14O2/c1-9-4-3-5-10(2,6-9)8(12)7(9)11/h3-6H2,1-2H3. The van der Waals surface area contributed by atoms with Crippen LogP contribution < -0.4 is 0 Å². The maximum atomic E-state index is 11.6. The minimum absolute atomic E-state index is 0.109. The van der Waals surface area contributed by atoms with E-state index in [0.717, 1.165) is 25.7 Å². The Balaban J connectivity index is 2.47. The Labute approximate surface area is 72.3 Å². The first-order valence-electron chi connectivity index (χ1n) is 4.57. The van der Waals surface area contributed by atoms with Gasteiger partial charge in [0.05, 0.1) is 0 Å². The van der Waals surface area contributed by atoms with Gasteiger partial charge in [0, 0.05) is 10.8 Å².